The van der Waals surface area contributed by atoms with Gasteiger partial charge in [-0.2, -0.15) is 13.2 Å². The van der Waals surface area contributed by atoms with E-state index in [2.05, 4.69) is 5.32 Å². The van der Waals surface area contributed by atoms with E-state index in [4.69, 9.17) is 4.74 Å². The Balaban J connectivity index is 1.89. The van der Waals surface area contributed by atoms with Gasteiger partial charge in [0.15, 0.2) is 0 Å². The van der Waals surface area contributed by atoms with Crippen LogP contribution in [0.15, 0.2) is 53.4 Å². The van der Waals surface area contributed by atoms with Crippen LogP contribution in [0, 0.1) is 5.82 Å². The summed E-state index contributed by atoms with van der Waals surface area (Å²) < 4.78 is 55.7. The molecule has 0 unspecified atom stereocenters. The maximum atomic E-state index is 13.0. The highest BCUT2D eigenvalue weighted by atomic mass is 32.2. The minimum atomic E-state index is -4.48. The zero-order chi connectivity index (χ0) is 17.6. The molecule has 0 fully saturated rings. The average Bonchev–Trinajstić information content (AvgIpc) is 2.50. The van der Waals surface area contributed by atoms with Gasteiger partial charge in [0.1, 0.15) is 18.2 Å². The van der Waals surface area contributed by atoms with Crippen LogP contribution in [0.1, 0.15) is 10.4 Å². The molecule has 0 atom stereocenters. The Morgan fingerprint density at radius 1 is 1.12 bits per heavy atom. The van der Waals surface area contributed by atoms with E-state index in [0.29, 0.717) is 5.75 Å². The van der Waals surface area contributed by atoms with Crippen molar-refractivity contribution >= 4 is 17.7 Å². The Bertz CT molecular complexity index is 706. The summed E-state index contributed by atoms with van der Waals surface area (Å²) in [6.45, 7) is 0.129. The van der Waals surface area contributed by atoms with E-state index in [9.17, 15) is 22.4 Å². The van der Waals surface area contributed by atoms with Gasteiger partial charge in [0, 0.05) is 11.0 Å². The number of halogens is 4. The van der Waals surface area contributed by atoms with Crippen molar-refractivity contribution in [1.29, 1.82) is 0 Å². The van der Waals surface area contributed by atoms with Gasteiger partial charge in [0.25, 0.3) is 5.91 Å². The summed E-state index contributed by atoms with van der Waals surface area (Å²) in [4.78, 5) is 11.8. The minimum Gasteiger partial charge on any atom is -0.492 e. The van der Waals surface area contributed by atoms with Gasteiger partial charge in [-0.25, -0.2) is 4.39 Å². The van der Waals surface area contributed by atoms with Crippen molar-refractivity contribution in [3.63, 3.8) is 0 Å². The van der Waals surface area contributed by atoms with Crippen molar-refractivity contribution in [3.05, 3.63) is 59.9 Å². The summed E-state index contributed by atoms with van der Waals surface area (Å²) in [5.41, 5.74) is -4.54. The van der Waals surface area contributed by atoms with Crippen LogP contribution in [0.2, 0.25) is 0 Å². The lowest BCUT2D eigenvalue weighted by molar-refractivity contribution is -0.0328. The lowest BCUT2D eigenvalue weighted by Gasteiger charge is -2.11. The fourth-order valence-corrected chi connectivity index (χ4v) is 2.52. The summed E-state index contributed by atoms with van der Waals surface area (Å²) in [6.07, 6.45) is 0. The van der Waals surface area contributed by atoms with Gasteiger partial charge < -0.3 is 10.1 Å². The molecule has 0 heterocycles. The zero-order valence-electron chi connectivity index (χ0n) is 12.3. The minimum absolute atomic E-state index is 0.0593. The van der Waals surface area contributed by atoms with E-state index >= 15 is 0 Å². The van der Waals surface area contributed by atoms with Gasteiger partial charge in [0.2, 0.25) is 0 Å². The molecule has 0 spiro atoms. The number of hydrogen-bond donors (Lipinski definition) is 1. The SMILES string of the molecule is O=C(NCCOc1cccc(F)c1)c1ccccc1SC(F)(F)F. The number of carbonyl (C=O) groups is 1. The maximum absolute atomic E-state index is 13.0. The molecular weight excluding hydrogens is 346 g/mol. The first-order chi connectivity index (χ1) is 11.3. The summed E-state index contributed by atoms with van der Waals surface area (Å²) in [7, 11) is 0. The van der Waals surface area contributed by atoms with Crippen molar-refractivity contribution in [1.82, 2.24) is 5.32 Å². The number of hydrogen-bond acceptors (Lipinski definition) is 3. The largest absolute Gasteiger partial charge is 0.492 e. The number of benzene rings is 2. The van der Waals surface area contributed by atoms with Crippen LogP contribution < -0.4 is 10.1 Å². The molecule has 0 bridgehead atoms. The fourth-order valence-electron chi connectivity index (χ4n) is 1.85. The standard InChI is InChI=1S/C16H13F4NO2S/c17-11-4-3-5-12(10-11)23-9-8-21-15(22)13-6-1-2-7-14(13)24-16(18,19)20/h1-7,10H,8-9H2,(H,21,22). The first-order valence-corrected chi connectivity index (χ1v) is 7.68. The molecule has 0 aliphatic carbocycles. The van der Waals surface area contributed by atoms with E-state index in [-0.39, 0.29) is 35.4 Å². The molecule has 128 valence electrons. The molecule has 0 radical (unpaired) electrons. The summed E-state index contributed by atoms with van der Waals surface area (Å²) in [5, 5.41) is 2.47. The van der Waals surface area contributed by atoms with Gasteiger partial charge in [-0.05, 0) is 36.0 Å². The van der Waals surface area contributed by atoms with E-state index in [1.807, 2.05) is 0 Å². The highest BCUT2D eigenvalue weighted by molar-refractivity contribution is 8.00. The normalized spacial score (nSPS) is 11.2. The fraction of sp³-hybridized carbons (Fsp3) is 0.188. The smallest absolute Gasteiger partial charge is 0.446 e. The molecule has 24 heavy (non-hydrogen) atoms. The molecule has 0 saturated heterocycles. The quantitative estimate of drug-likeness (QED) is 0.476. The van der Waals surface area contributed by atoms with E-state index in [1.165, 1.54) is 42.5 Å². The summed E-state index contributed by atoms with van der Waals surface area (Å²) in [5.74, 6) is -0.780. The average molecular weight is 359 g/mol. The second-order valence-electron chi connectivity index (χ2n) is 4.61. The molecule has 3 nitrogen and oxygen atoms in total. The molecule has 2 aromatic rings. The lowest BCUT2D eigenvalue weighted by atomic mass is 10.2. The Labute approximate surface area is 140 Å². The highest BCUT2D eigenvalue weighted by Crippen LogP contribution is 2.38. The third-order valence-corrected chi connectivity index (χ3v) is 3.62. The van der Waals surface area contributed by atoms with Crippen LogP contribution in [-0.2, 0) is 0 Å². The monoisotopic (exact) mass is 359 g/mol. The van der Waals surface area contributed by atoms with Crippen molar-refractivity contribution in [2.75, 3.05) is 13.2 Å². The Hall–Kier alpha value is -2.22. The number of thioether (sulfide) groups is 1. The summed E-state index contributed by atoms with van der Waals surface area (Å²) in [6, 6.07) is 11.0. The lowest BCUT2D eigenvalue weighted by Crippen LogP contribution is -2.28. The third kappa shape index (κ3) is 5.77. The number of nitrogens with one attached hydrogen (secondary N) is 1. The molecule has 2 aromatic carbocycles. The summed E-state index contributed by atoms with van der Waals surface area (Å²) >= 11 is -0.340. The third-order valence-electron chi connectivity index (χ3n) is 2.81. The molecule has 1 N–H and O–H groups in total. The number of rotatable bonds is 6. The van der Waals surface area contributed by atoms with Crippen LogP contribution in [-0.4, -0.2) is 24.6 Å². The molecule has 0 aromatic heterocycles. The predicted octanol–water partition coefficient (Wildman–Crippen LogP) is 4.25. The van der Waals surface area contributed by atoms with Crippen molar-refractivity contribution in [2.24, 2.45) is 0 Å². The van der Waals surface area contributed by atoms with Crippen LogP contribution in [0.5, 0.6) is 5.75 Å². The molecular formula is C16H13F4NO2S. The highest BCUT2D eigenvalue weighted by Gasteiger charge is 2.31. The van der Waals surface area contributed by atoms with Gasteiger partial charge in [0.05, 0.1) is 12.1 Å². The molecule has 8 heteroatoms. The maximum Gasteiger partial charge on any atom is 0.446 e. The number of ether oxygens (including phenoxy) is 1. The zero-order valence-corrected chi connectivity index (χ0v) is 13.1. The molecule has 1 amide bonds. The molecule has 0 aliphatic heterocycles. The molecule has 0 saturated carbocycles. The van der Waals surface area contributed by atoms with E-state index in [1.54, 1.807) is 6.07 Å². The topological polar surface area (TPSA) is 38.3 Å². The van der Waals surface area contributed by atoms with Crippen molar-refractivity contribution in [2.45, 2.75) is 10.4 Å². The van der Waals surface area contributed by atoms with Gasteiger partial charge in [-0.1, -0.05) is 18.2 Å². The van der Waals surface area contributed by atoms with E-state index in [0.717, 1.165) is 0 Å². The van der Waals surface area contributed by atoms with E-state index < -0.39 is 17.2 Å². The second-order valence-corrected chi connectivity index (χ2v) is 5.71. The molecule has 2 rings (SSSR count). The molecule has 0 aliphatic rings. The first-order valence-electron chi connectivity index (χ1n) is 6.86. The van der Waals surface area contributed by atoms with Crippen molar-refractivity contribution in [3.8, 4) is 5.75 Å². The van der Waals surface area contributed by atoms with Gasteiger partial charge in [-0.3, -0.25) is 4.79 Å². The second kappa shape index (κ2) is 8.05. The number of carbonyl (C=O) groups excluding carboxylic acids is 1. The van der Waals surface area contributed by atoms with Crippen LogP contribution >= 0.6 is 11.8 Å². The first kappa shape index (κ1) is 18.1. The van der Waals surface area contributed by atoms with Crippen LogP contribution in [0.3, 0.4) is 0 Å². The number of alkyl halides is 3. The van der Waals surface area contributed by atoms with Gasteiger partial charge in [-0.15, -0.1) is 0 Å². The predicted molar refractivity (Wildman–Crippen MR) is 82.6 cm³/mol. The number of amides is 1. The van der Waals surface area contributed by atoms with Crippen molar-refractivity contribution < 1.29 is 27.1 Å². The van der Waals surface area contributed by atoms with Crippen LogP contribution in [0.25, 0.3) is 0 Å². The van der Waals surface area contributed by atoms with Crippen LogP contribution in [0.4, 0.5) is 17.6 Å². The Kier molecular flexibility index (Phi) is 6.08. The Morgan fingerprint density at radius 2 is 1.88 bits per heavy atom. The van der Waals surface area contributed by atoms with Gasteiger partial charge >= 0.3 is 5.51 Å². The Morgan fingerprint density at radius 3 is 2.58 bits per heavy atom.